The first kappa shape index (κ1) is 22.8. The van der Waals surface area contributed by atoms with Crippen molar-refractivity contribution < 1.29 is 13.2 Å². The Morgan fingerprint density at radius 3 is 1.90 bits per heavy atom. The molecule has 0 unspecified atom stereocenters. The molecule has 0 fully saturated rings. The summed E-state index contributed by atoms with van der Waals surface area (Å²) in [6, 6.07) is 20.9. The number of carbonyl (C=O) groups excluding carboxylic acids is 1. The highest BCUT2D eigenvalue weighted by atomic mass is 35.5. The Morgan fingerprint density at radius 1 is 0.839 bits per heavy atom. The average molecular weight is 457 g/mol. The number of anilines is 1. The van der Waals surface area contributed by atoms with Crippen LogP contribution in [0.25, 0.3) is 0 Å². The normalized spacial score (nSPS) is 11.2. The van der Waals surface area contributed by atoms with Gasteiger partial charge in [-0.1, -0.05) is 59.1 Å². The number of rotatable bonds is 7. The lowest BCUT2D eigenvalue weighted by Gasteiger charge is -2.27. The van der Waals surface area contributed by atoms with E-state index in [2.05, 4.69) is 0 Å². The highest BCUT2D eigenvalue weighted by Crippen LogP contribution is 2.25. The molecular formula is C24H25ClN2O3S. The summed E-state index contributed by atoms with van der Waals surface area (Å²) >= 11 is 5.92. The van der Waals surface area contributed by atoms with E-state index in [4.69, 9.17) is 11.6 Å². The molecule has 0 atom stereocenters. The van der Waals surface area contributed by atoms with E-state index in [9.17, 15) is 13.2 Å². The van der Waals surface area contributed by atoms with E-state index in [1.807, 2.05) is 38.1 Å². The van der Waals surface area contributed by atoms with Crippen LogP contribution in [-0.4, -0.2) is 32.8 Å². The Hall–Kier alpha value is -2.83. The number of likely N-dealkylation sites (N-methyl/N-ethyl adjacent to an activating group) is 1. The summed E-state index contributed by atoms with van der Waals surface area (Å²) in [5.41, 5.74) is 3.31. The van der Waals surface area contributed by atoms with E-state index >= 15 is 0 Å². The van der Waals surface area contributed by atoms with Crippen LogP contribution in [0.5, 0.6) is 0 Å². The maximum Gasteiger partial charge on any atom is 0.264 e. The van der Waals surface area contributed by atoms with E-state index in [1.165, 1.54) is 4.90 Å². The first-order valence-corrected chi connectivity index (χ1v) is 11.6. The Balaban J connectivity index is 1.89. The first-order chi connectivity index (χ1) is 14.7. The minimum absolute atomic E-state index is 0.145. The molecule has 31 heavy (non-hydrogen) atoms. The molecule has 0 aliphatic carbocycles. The zero-order valence-corrected chi connectivity index (χ0v) is 19.3. The van der Waals surface area contributed by atoms with Crippen molar-refractivity contribution in [1.29, 1.82) is 0 Å². The zero-order valence-electron chi connectivity index (χ0n) is 17.7. The highest BCUT2D eigenvalue weighted by molar-refractivity contribution is 7.92. The lowest BCUT2D eigenvalue weighted by Crippen LogP contribution is -2.41. The van der Waals surface area contributed by atoms with Crippen LogP contribution in [0.3, 0.4) is 0 Å². The molecule has 0 aromatic heterocycles. The fraction of sp³-hybridized carbons (Fsp3) is 0.208. The number of amides is 1. The van der Waals surface area contributed by atoms with E-state index in [0.29, 0.717) is 17.3 Å². The third kappa shape index (κ3) is 5.66. The fourth-order valence-corrected chi connectivity index (χ4v) is 4.60. The number of carbonyl (C=O) groups is 1. The molecule has 3 aromatic carbocycles. The predicted molar refractivity (Wildman–Crippen MR) is 125 cm³/mol. The molecule has 0 heterocycles. The van der Waals surface area contributed by atoms with Gasteiger partial charge in [0.05, 0.1) is 10.6 Å². The topological polar surface area (TPSA) is 57.7 Å². The molecule has 0 radical (unpaired) electrons. The van der Waals surface area contributed by atoms with Gasteiger partial charge in [0.15, 0.2) is 0 Å². The maximum atomic E-state index is 13.4. The first-order valence-electron chi connectivity index (χ1n) is 9.81. The smallest absolute Gasteiger partial charge is 0.264 e. The molecule has 0 spiro atoms. The Labute approximate surface area is 188 Å². The SMILES string of the molecule is Cc1ccc(N(CC(=O)N(C)Cc2ccc(Cl)cc2)S(=O)(=O)c2ccc(C)cc2)cc1. The molecule has 3 rings (SSSR count). The summed E-state index contributed by atoms with van der Waals surface area (Å²) in [6.07, 6.45) is 0. The number of hydrogen-bond acceptors (Lipinski definition) is 3. The van der Waals surface area contributed by atoms with Gasteiger partial charge in [-0.3, -0.25) is 9.10 Å². The van der Waals surface area contributed by atoms with Crippen LogP contribution in [0.2, 0.25) is 5.02 Å². The summed E-state index contributed by atoms with van der Waals surface area (Å²) in [5.74, 6) is -0.314. The van der Waals surface area contributed by atoms with Crippen molar-refractivity contribution in [2.75, 3.05) is 17.9 Å². The number of halogens is 1. The van der Waals surface area contributed by atoms with Crippen LogP contribution >= 0.6 is 11.6 Å². The largest absolute Gasteiger partial charge is 0.340 e. The van der Waals surface area contributed by atoms with E-state index in [-0.39, 0.29) is 17.3 Å². The summed E-state index contributed by atoms with van der Waals surface area (Å²) in [6.45, 7) is 3.86. The molecule has 0 N–H and O–H groups in total. The van der Waals surface area contributed by atoms with Crippen LogP contribution in [0.15, 0.2) is 77.7 Å². The monoisotopic (exact) mass is 456 g/mol. The summed E-state index contributed by atoms with van der Waals surface area (Å²) in [4.78, 5) is 14.6. The molecule has 0 saturated carbocycles. The van der Waals surface area contributed by atoms with Gasteiger partial charge in [0.2, 0.25) is 5.91 Å². The quantitative estimate of drug-likeness (QED) is 0.512. The standard InChI is InChI=1S/C24H25ClN2O3S/c1-18-4-12-22(13-5-18)27(31(29,30)23-14-6-19(2)7-15-23)17-24(28)26(3)16-20-8-10-21(25)11-9-20/h4-15H,16-17H2,1-3H3. The van der Waals surface area contributed by atoms with Crippen molar-refractivity contribution >= 4 is 33.2 Å². The van der Waals surface area contributed by atoms with Crippen LogP contribution in [0.1, 0.15) is 16.7 Å². The van der Waals surface area contributed by atoms with Gasteiger partial charge < -0.3 is 4.90 Å². The maximum absolute atomic E-state index is 13.4. The van der Waals surface area contributed by atoms with Crippen LogP contribution in [0.4, 0.5) is 5.69 Å². The molecule has 7 heteroatoms. The molecule has 3 aromatic rings. The van der Waals surface area contributed by atoms with Gasteiger partial charge in [-0.15, -0.1) is 0 Å². The third-order valence-electron chi connectivity index (χ3n) is 4.97. The van der Waals surface area contributed by atoms with Crippen LogP contribution in [-0.2, 0) is 21.4 Å². The second-order valence-corrected chi connectivity index (χ2v) is 9.84. The lowest BCUT2D eigenvalue weighted by atomic mass is 10.2. The van der Waals surface area contributed by atoms with Gasteiger partial charge in [-0.05, 0) is 55.8 Å². The van der Waals surface area contributed by atoms with Gasteiger partial charge in [0.25, 0.3) is 10.0 Å². The molecule has 0 aliphatic heterocycles. The third-order valence-corrected chi connectivity index (χ3v) is 7.01. The minimum atomic E-state index is -3.92. The van der Waals surface area contributed by atoms with Crippen molar-refractivity contribution in [1.82, 2.24) is 4.90 Å². The van der Waals surface area contributed by atoms with Gasteiger partial charge in [0, 0.05) is 18.6 Å². The number of hydrogen-bond donors (Lipinski definition) is 0. The van der Waals surface area contributed by atoms with Gasteiger partial charge >= 0.3 is 0 Å². The van der Waals surface area contributed by atoms with Crippen LogP contribution < -0.4 is 4.31 Å². The van der Waals surface area contributed by atoms with Crippen molar-refractivity contribution in [3.63, 3.8) is 0 Å². The van der Waals surface area contributed by atoms with Crippen LogP contribution in [0, 0.1) is 13.8 Å². The molecular weight excluding hydrogens is 432 g/mol. The van der Waals surface area contributed by atoms with E-state index < -0.39 is 10.0 Å². The molecule has 0 saturated heterocycles. The van der Waals surface area contributed by atoms with Crippen molar-refractivity contribution in [3.05, 3.63) is 94.5 Å². The predicted octanol–water partition coefficient (Wildman–Crippen LogP) is 4.81. The molecule has 162 valence electrons. The Bertz CT molecular complexity index is 1140. The van der Waals surface area contributed by atoms with Gasteiger partial charge in [0.1, 0.15) is 6.54 Å². The minimum Gasteiger partial charge on any atom is -0.340 e. The molecule has 0 bridgehead atoms. The van der Waals surface area contributed by atoms with Crippen molar-refractivity contribution in [3.8, 4) is 0 Å². The van der Waals surface area contributed by atoms with Gasteiger partial charge in [-0.2, -0.15) is 0 Å². The second-order valence-electron chi connectivity index (χ2n) is 7.54. The summed E-state index contributed by atoms with van der Waals surface area (Å²) in [7, 11) is -2.27. The molecule has 1 amide bonds. The van der Waals surface area contributed by atoms with Crippen molar-refractivity contribution in [2.24, 2.45) is 0 Å². The zero-order chi connectivity index (χ0) is 22.6. The molecule has 0 aliphatic rings. The van der Waals surface area contributed by atoms with E-state index in [0.717, 1.165) is 21.0 Å². The lowest BCUT2D eigenvalue weighted by molar-refractivity contribution is -0.128. The van der Waals surface area contributed by atoms with Crippen molar-refractivity contribution in [2.45, 2.75) is 25.3 Å². The average Bonchev–Trinajstić information content (AvgIpc) is 2.74. The fourth-order valence-electron chi connectivity index (χ4n) is 3.06. The Kier molecular flexibility index (Phi) is 7.03. The van der Waals surface area contributed by atoms with E-state index in [1.54, 1.807) is 55.6 Å². The van der Waals surface area contributed by atoms with Gasteiger partial charge in [-0.25, -0.2) is 8.42 Å². The molecule has 5 nitrogen and oxygen atoms in total. The number of aryl methyl sites for hydroxylation is 2. The summed E-state index contributed by atoms with van der Waals surface area (Å²) < 4.78 is 28.0. The second kappa shape index (κ2) is 9.54. The number of benzene rings is 3. The number of sulfonamides is 1. The summed E-state index contributed by atoms with van der Waals surface area (Å²) in [5, 5.41) is 0.618. The highest BCUT2D eigenvalue weighted by Gasteiger charge is 2.28. The number of nitrogens with zero attached hydrogens (tertiary/aromatic N) is 2. The Morgan fingerprint density at radius 2 is 1.35 bits per heavy atom.